The molecule has 8 aromatic rings. The molecule has 3 aliphatic heterocycles. The Morgan fingerprint density at radius 3 is 1.62 bits per heavy atom. The van der Waals surface area contributed by atoms with Gasteiger partial charge in [-0.1, -0.05) is 104 Å². The molecule has 24 nitrogen and oxygen atoms in total. The molecule has 8 heterocycles. The fourth-order valence-electron chi connectivity index (χ4n) is 13.4. The van der Waals surface area contributed by atoms with Crippen LogP contribution in [-0.2, 0) is 40.0 Å². The number of nitrogens with one attached hydrogen (secondary N) is 4. The van der Waals surface area contributed by atoms with Gasteiger partial charge in [0.05, 0.1) is 70.4 Å². The molecule has 1 fully saturated rings. The van der Waals surface area contributed by atoms with Crippen molar-refractivity contribution in [2.24, 2.45) is 9.98 Å². The van der Waals surface area contributed by atoms with E-state index in [2.05, 4.69) is 46.6 Å². The second-order valence-electron chi connectivity index (χ2n) is 26.9. The van der Waals surface area contributed by atoms with Crippen LogP contribution in [-0.4, -0.2) is 160 Å². The minimum atomic E-state index is -1.05. The van der Waals surface area contributed by atoms with Crippen LogP contribution < -0.4 is 21.3 Å². The lowest BCUT2D eigenvalue weighted by molar-refractivity contribution is -0.142. The molecule has 5 N–H and O–H groups in total. The molecule has 554 valence electrons. The number of aromatic nitrogens is 7. The highest BCUT2D eigenvalue weighted by molar-refractivity contribution is 8.00. The summed E-state index contributed by atoms with van der Waals surface area (Å²) in [5, 5.41) is 43.6. The number of esters is 2. The number of thiophene rings is 2. The Morgan fingerprint density at radius 1 is 0.638 bits per heavy atom. The molecule has 0 radical (unpaired) electrons. The van der Waals surface area contributed by atoms with Crippen molar-refractivity contribution in [1.29, 1.82) is 0 Å². The molecule has 0 spiro atoms. The van der Waals surface area contributed by atoms with Crippen molar-refractivity contribution in [2.45, 2.75) is 173 Å². The summed E-state index contributed by atoms with van der Waals surface area (Å²) in [5.41, 5.74) is 10.2. The number of nitrogens with zero attached hydrogens (tertiary/aromatic N) is 10. The summed E-state index contributed by atoms with van der Waals surface area (Å²) in [5.74, 6) is 0.199. The van der Waals surface area contributed by atoms with Crippen LogP contribution in [0.2, 0.25) is 10.0 Å². The second-order valence-corrected chi connectivity index (χ2v) is 32.4. The highest BCUT2D eigenvalue weighted by atomic mass is 35.5. The maximum Gasteiger partial charge on any atom is 0.308 e. The number of amides is 5. The number of methoxy groups -OCH3 is 2. The van der Waals surface area contributed by atoms with E-state index in [4.69, 9.17) is 42.7 Å². The molecule has 0 unspecified atom stereocenters. The number of carbonyl (C=O) groups excluding carboxylic acids is 7. The zero-order chi connectivity index (χ0) is 74.8. The summed E-state index contributed by atoms with van der Waals surface area (Å²) in [6.45, 7) is 14.2. The van der Waals surface area contributed by atoms with Gasteiger partial charge in [0.15, 0.2) is 11.6 Å². The quantitative estimate of drug-likeness (QED) is 0.0199. The largest absolute Gasteiger partial charge is 0.469 e. The van der Waals surface area contributed by atoms with E-state index < -0.39 is 58.8 Å². The summed E-state index contributed by atoms with van der Waals surface area (Å²) in [6, 6.07) is 19.0. The number of benzene rings is 3. The van der Waals surface area contributed by atoms with Gasteiger partial charge in [-0.3, -0.25) is 52.7 Å². The third-order valence-electron chi connectivity index (χ3n) is 19.1. The standard InChI is InChI=1S/C75H86Cl2N14O10S4/c1-41-59-61(47-24-28-50(76)29-25-47)82-53(36-57(94)100-8)67-87-85-44(4)90(67)73(59)104-63(41)70(97)78-32-16-12-10-11-15-19-56(93)84-66(72(99)89-39-52(92)35-55(89)69(96)80-38-46-20-22-49(23-21-46)65-43(3)81-40-102-65)75(6,7)103-34-18-14-13-17-33-79-71(98)64-42(2)60-62(48-26-30-51(77)31-27-48)83-54(37-58(95)101-9)68-88-86-45(5)91(68)74(60)105-64/h20-31,40,52-55,66,92H,10-19,32-39H2,1-9H3,(H,78,97)(H,79,98)(H,80,96)(H,84,93)/t52-,53+,54+,55+,66-/m1/s1. The molecule has 3 aromatic carbocycles. The van der Waals surface area contributed by atoms with E-state index in [1.165, 1.54) is 41.8 Å². The maximum absolute atomic E-state index is 15.1. The Hall–Kier alpha value is -8.51. The van der Waals surface area contributed by atoms with Crippen molar-refractivity contribution in [3.05, 3.63) is 166 Å². The van der Waals surface area contributed by atoms with E-state index in [1.54, 1.807) is 47.4 Å². The van der Waals surface area contributed by atoms with Gasteiger partial charge in [0.2, 0.25) is 17.7 Å². The molecule has 5 aromatic heterocycles. The lowest BCUT2D eigenvalue weighted by Gasteiger charge is -2.37. The van der Waals surface area contributed by atoms with Gasteiger partial charge in [-0.25, -0.2) is 4.98 Å². The average Bonchev–Trinajstić information content (AvgIpc) is 1.59. The number of rotatable bonds is 31. The Bertz CT molecular complexity index is 4580. The first kappa shape index (κ1) is 77.6. The predicted octanol–water partition coefficient (Wildman–Crippen LogP) is 12.2. The zero-order valence-electron chi connectivity index (χ0n) is 60.1. The van der Waals surface area contributed by atoms with Gasteiger partial charge in [0.1, 0.15) is 45.8 Å². The number of β-amino-alcohol motifs (C(OH)–C–C–N with tert-alkyl or cyclic N) is 1. The van der Waals surface area contributed by atoms with Crippen LogP contribution >= 0.6 is 69.0 Å². The van der Waals surface area contributed by atoms with E-state index in [1.807, 2.05) is 112 Å². The molecule has 0 bridgehead atoms. The van der Waals surface area contributed by atoms with Crippen molar-refractivity contribution in [1.82, 2.24) is 60.7 Å². The smallest absolute Gasteiger partial charge is 0.308 e. The number of halogens is 2. The van der Waals surface area contributed by atoms with Crippen LogP contribution in [0.5, 0.6) is 0 Å². The van der Waals surface area contributed by atoms with Gasteiger partial charge in [0, 0.05) is 76.1 Å². The van der Waals surface area contributed by atoms with Gasteiger partial charge < -0.3 is 40.7 Å². The number of aliphatic hydroxyl groups excluding tert-OH is 1. The first-order chi connectivity index (χ1) is 50.4. The molecule has 1 saturated heterocycles. The first-order valence-corrected chi connectivity index (χ1v) is 39.4. The number of hydrogen-bond acceptors (Lipinski definition) is 21. The normalized spacial score (nSPS) is 16.3. The number of aryl methyl sites for hydroxylation is 3. The first-order valence-electron chi connectivity index (χ1n) is 35.1. The molecule has 3 aliphatic rings. The molecule has 5 amide bonds. The summed E-state index contributed by atoms with van der Waals surface area (Å²) < 4.78 is 12.9. The number of fused-ring (bicyclic) bond motifs is 6. The number of hydrogen-bond donors (Lipinski definition) is 5. The van der Waals surface area contributed by atoms with Gasteiger partial charge >= 0.3 is 11.9 Å². The van der Waals surface area contributed by atoms with E-state index in [0.717, 1.165) is 93.6 Å². The number of thiazole rings is 1. The Labute approximate surface area is 636 Å². The van der Waals surface area contributed by atoms with Gasteiger partial charge in [-0.2, -0.15) is 11.8 Å². The number of carbonyl (C=O) groups is 7. The van der Waals surface area contributed by atoms with Crippen LogP contribution in [0.3, 0.4) is 0 Å². The van der Waals surface area contributed by atoms with Crippen molar-refractivity contribution >= 4 is 122 Å². The lowest BCUT2D eigenvalue weighted by atomic mass is 9.99. The van der Waals surface area contributed by atoms with E-state index in [-0.39, 0.29) is 56.5 Å². The van der Waals surface area contributed by atoms with Crippen molar-refractivity contribution in [3.8, 4) is 20.4 Å². The Balaban J connectivity index is 0.690. The molecular formula is C75H86Cl2N14O10S4. The molecule has 0 aliphatic carbocycles. The van der Waals surface area contributed by atoms with E-state index >= 15 is 4.79 Å². The minimum Gasteiger partial charge on any atom is -0.469 e. The number of aliphatic hydroxyl groups is 1. The van der Waals surface area contributed by atoms with Crippen LogP contribution in [0, 0.1) is 34.6 Å². The fourth-order valence-corrected chi connectivity index (χ4v) is 18.2. The minimum absolute atomic E-state index is 0.0429. The van der Waals surface area contributed by atoms with Gasteiger partial charge in [-0.15, -0.1) is 54.4 Å². The highest BCUT2D eigenvalue weighted by Crippen LogP contribution is 2.43. The van der Waals surface area contributed by atoms with E-state index in [0.29, 0.717) is 103 Å². The van der Waals surface area contributed by atoms with Crippen LogP contribution in [0.15, 0.2) is 88.3 Å². The topological polar surface area (TPSA) is 309 Å². The Morgan fingerprint density at radius 2 is 1.12 bits per heavy atom. The van der Waals surface area contributed by atoms with Crippen molar-refractivity contribution in [3.63, 3.8) is 0 Å². The molecule has 30 heteroatoms. The fraction of sp³-hybridized carbons (Fsp3) is 0.440. The summed E-state index contributed by atoms with van der Waals surface area (Å²) in [4.78, 5) is 115. The number of thioether (sulfide) groups is 1. The lowest BCUT2D eigenvalue weighted by Crippen LogP contribution is -2.59. The average molecular weight is 1540 g/mol. The summed E-state index contributed by atoms with van der Waals surface area (Å²) >= 11 is 18.4. The predicted molar refractivity (Wildman–Crippen MR) is 410 cm³/mol. The molecule has 0 saturated carbocycles. The molecule has 105 heavy (non-hydrogen) atoms. The highest BCUT2D eigenvalue weighted by Gasteiger charge is 2.46. The van der Waals surface area contributed by atoms with Crippen LogP contribution in [0.25, 0.3) is 20.4 Å². The van der Waals surface area contributed by atoms with Crippen molar-refractivity contribution in [2.75, 3.05) is 39.6 Å². The molecule has 11 rings (SSSR count). The molecule has 5 atom stereocenters. The number of unbranched alkanes of at least 4 members (excludes halogenated alkanes) is 7. The number of aliphatic imine (C=N–C) groups is 2. The SMILES string of the molecule is COC(=O)C[C@@H]1N=C(c2ccc(Cl)cc2)c2c(sc(C(=O)NCCCCCCCC(=O)N[C@H](C(=O)N3C[C@H](O)C[C@H]3C(=O)NCc3ccc(-c4scnc4C)cc3)C(C)(C)SCCCCCCNC(=O)c3sc4c(c3C)C(c3ccc(Cl)cc3)=N[C@@H](CC(=O)OC)c3nnc(C)n3-4)c2C)-n2c(C)nnc21. The number of ether oxygens (including phenoxy) is 2. The molecular weight excluding hydrogens is 1460 g/mol. The number of likely N-dealkylation sites (tertiary alicyclic amines) is 1. The Kier molecular flexibility index (Phi) is 25.7. The zero-order valence-corrected chi connectivity index (χ0v) is 64.9. The van der Waals surface area contributed by atoms with E-state index in [9.17, 15) is 33.9 Å². The van der Waals surface area contributed by atoms with Crippen molar-refractivity contribution < 1.29 is 48.1 Å². The summed E-state index contributed by atoms with van der Waals surface area (Å²) in [6.07, 6.45) is 5.77. The maximum atomic E-state index is 15.1. The van der Waals surface area contributed by atoms with Crippen LogP contribution in [0.4, 0.5) is 0 Å². The van der Waals surface area contributed by atoms with Crippen LogP contribution in [0.1, 0.15) is 197 Å². The third kappa shape index (κ3) is 18.0. The third-order valence-corrected chi connectivity index (χ3v) is 24.6. The van der Waals surface area contributed by atoms with Gasteiger partial charge in [-0.05, 0) is 126 Å². The monoisotopic (exact) mass is 1540 g/mol. The van der Waals surface area contributed by atoms with Gasteiger partial charge in [0.25, 0.3) is 11.8 Å². The summed E-state index contributed by atoms with van der Waals surface area (Å²) in [7, 11) is 2.66. The second kappa shape index (κ2) is 34.8.